The smallest absolute Gasteiger partial charge is 0.249 e. The maximum Gasteiger partial charge on any atom is 0.249 e. The van der Waals surface area contributed by atoms with Crippen molar-refractivity contribution in [2.24, 2.45) is 5.41 Å². The summed E-state index contributed by atoms with van der Waals surface area (Å²) in [5, 5.41) is 10.3. The normalized spacial score (nSPS) is 23.3. The van der Waals surface area contributed by atoms with Crippen molar-refractivity contribution in [3.05, 3.63) is 41.4 Å². The van der Waals surface area contributed by atoms with E-state index in [0.717, 1.165) is 10.6 Å². The number of amides is 1. The molecule has 0 bridgehead atoms. The molecule has 1 atom stereocenters. The Hall–Kier alpha value is -1.42. The molecule has 1 aromatic rings. The molecule has 1 saturated heterocycles. The van der Waals surface area contributed by atoms with Crippen LogP contribution >= 0.6 is 11.8 Å². The predicted molar refractivity (Wildman–Crippen MR) is 92.6 cm³/mol. The molecule has 4 heteroatoms. The Morgan fingerprint density at radius 2 is 1.59 bits per heavy atom. The third-order valence-corrected chi connectivity index (χ3v) is 5.77. The molecule has 0 saturated carbocycles. The third kappa shape index (κ3) is 2.43. The van der Waals surface area contributed by atoms with Gasteiger partial charge in [0.15, 0.2) is 0 Å². The van der Waals surface area contributed by atoms with E-state index in [-0.39, 0.29) is 22.6 Å². The zero-order valence-corrected chi connectivity index (χ0v) is 15.0. The largest absolute Gasteiger partial charge is 0.508 e. The Morgan fingerprint density at radius 3 is 1.95 bits per heavy atom. The summed E-state index contributed by atoms with van der Waals surface area (Å²) in [7, 11) is 0. The first-order chi connectivity index (χ1) is 9.91. The first-order valence-corrected chi connectivity index (χ1v) is 8.25. The van der Waals surface area contributed by atoms with Crippen LogP contribution in [0.3, 0.4) is 0 Å². The number of carbonyl (C=O) groups excluding carboxylic acids is 1. The molecule has 22 heavy (non-hydrogen) atoms. The van der Waals surface area contributed by atoms with E-state index in [1.807, 2.05) is 32.9 Å². The number of aromatic hydroxyl groups is 1. The van der Waals surface area contributed by atoms with E-state index < -0.39 is 4.75 Å². The van der Waals surface area contributed by atoms with Crippen LogP contribution in [0, 0.1) is 5.41 Å². The van der Waals surface area contributed by atoms with Gasteiger partial charge in [-0.25, -0.2) is 0 Å². The second-order valence-electron chi connectivity index (χ2n) is 7.79. The lowest BCUT2D eigenvalue weighted by Crippen LogP contribution is -2.50. The number of carbonyl (C=O) groups is 1. The van der Waals surface area contributed by atoms with E-state index >= 15 is 0 Å². The number of thioether (sulfide) groups is 1. The van der Waals surface area contributed by atoms with Gasteiger partial charge in [0.1, 0.15) is 10.5 Å². The minimum atomic E-state index is -0.731. The summed E-state index contributed by atoms with van der Waals surface area (Å²) in [5.74, 6) is 0.267. The van der Waals surface area contributed by atoms with Crippen LogP contribution in [-0.2, 0) is 9.54 Å². The molecular weight excluding hydrogens is 294 g/mol. The van der Waals surface area contributed by atoms with Gasteiger partial charge in [-0.2, -0.15) is 0 Å². The van der Waals surface area contributed by atoms with Crippen LogP contribution in [-0.4, -0.2) is 21.5 Å². The van der Waals surface area contributed by atoms with Crippen molar-refractivity contribution in [2.75, 3.05) is 0 Å². The Kier molecular flexibility index (Phi) is 3.89. The van der Waals surface area contributed by atoms with Crippen molar-refractivity contribution in [3.8, 4) is 5.75 Å². The minimum Gasteiger partial charge on any atom is -0.508 e. The lowest BCUT2D eigenvalue weighted by Gasteiger charge is -2.40. The summed E-state index contributed by atoms with van der Waals surface area (Å²) in [6, 6.07) is 6.95. The second-order valence-corrected chi connectivity index (χ2v) is 9.07. The van der Waals surface area contributed by atoms with E-state index in [1.165, 1.54) is 11.8 Å². The number of phenolic OH excluding ortho intramolecular Hbond substituents is 1. The minimum absolute atomic E-state index is 0.0631. The van der Waals surface area contributed by atoms with Gasteiger partial charge in [-0.05, 0) is 43.9 Å². The molecule has 1 aliphatic rings. The molecule has 0 spiro atoms. The van der Waals surface area contributed by atoms with E-state index in [0.29, 0.717) is 0 Å². The van der Waals surface area contributed by atoms with Crippen LogP contribution in [0.25, 0.3) is 0 Å². The molecule has 1 unspecified atom stereocenters. The average molecular weight is 319 g/mol. The number of hydrogen-bond acceptors (Lipinski definition) is 3. The third-order valence-electron chi connectivity index (χ3n) is 4.03. The fourth-order valence-electron chi connectivity index (χ4n) is 3.00. The summed E-state index contributed by atoms with van der Waals surface area (Å²) in [6.45, 7) is 16.4. The number of benzene rings is 1. The highest BCUT2D eigenvalue weighted by atomic mass is 32.2. The van der Waals surface area contributed by atoms with E-state index in [4.69, 9.17) is 0 Å². The number of nitrogens with zero attached hydrogens (tertiary/aromatic N) is 1. The summed E-state index contributed by atoms with van der Waals surface area (Å²) in [5.41, 5.74) is 0.292. The zero-order chi connectivity index (χ0) is 16.9. The summed E-state index contributed by atoms with van der Waals surface area (Å²) < 4.78 is -0.731. The van der Waals surface area contributed by atoms with Crippen molar-refractivity contribution in [3.63, 3.8) is 0 Å². The van der Waals surface area contributed by atoms with Crippen molar-refractivity contribution >= 4 is 17.7 Å². The summed E-state index contributed by atoms with van der Waals surface area (Å²) in [6.07, 6.45) is 0. The SMILES string of the molecule is C=C1SC(c2ccc(O)cc2)(C(C)(C)C)C(=O)N1C(C)(C)C. The van der Waals surface area contributed by atoms with Gasteiger partial charge in [0.05, 0.1) is 5.03 Å². The van der Waals surface area contributed by atoms with Gasteiger partial charge in [0.25, 0.3) is 0 Å². The Balaban J connectivity index is 2.66. The monoisotopic (exact) mass is 319 g/mol. The standard InChI is InChI=1S/C18H25NO2S/c1-12-19(17(5,6)7)15(21)18(22-12,16(2,3)4)13-8-10-14(20)11-9-13/h8-11,20H,1H2,2-7H3. The lowest BCUT2D eigenvalue weighted by atomic mass is 9.74. The second kappa shape index (κ2) is 5.05. The molecule has 0 aromatic heterocycles. The maximum absolute atomic E-state index is 13.4. The quantitative estimate of drug-likeness (QED) is 0.829. The Morgan fingerprint density at radius 1 is 1.09 bits per heavy atom. The molecule has 1 aliphatic heterocycles. The highest BCUT2D eigenvalue weighted by Gasteiger charge is 2.59. The molecule has 1 fully saturated rings. The molecule has 0 radical (unpaired) electrons. The van der Waals surface area contributed by atoms with Gasteiger partial charge in [-0.15, -0.1) is 0 Å². The molecule has 2 rings (SSSR count). The number of phenols is 1. The Bertz CT molecular complexity index is 607. The summed E-state index contributed by atoms with van der Waals surface area (Å²) >= 11 is 1.52. The highest BCUT2D eigenvalue weighted by molar-refractivity contribution is 8.05. The van der Waals surface area contributed by atoms with E-state index in [9.17, 15) is 9.90 Å². The molecule has 1 N–H and O–H groups in total. The Labute approximate surface area is 137 Å². The molecule has 1 heterocycles. The summed E-state index contributed by atoms with van der Waals surface area (Å²) in [4.78, 5) is 15.2. The van der Waals surface area contributed by atoms with Crippen molar-refractivity contribution < 1.29 is 9.90 Å². The van der Waals surface area contributed by atoms with E-state index in [1.54, 1.807) is 17.0 Å². The van der Waals surface area contributed by atoms with Crippen molar-refractivity contribution in [2.45, 2.75) is 51.8 Å². The molecule has 0 aliphatic carbocycles. The molecule has 1 amide bonds. The van der Waals surface area contributed by atoms with Crippen LogP contribution in [0.2, 0.25) is 0 Å². The molecule has 120 valence electrons. The first kappa shape index (κ1) is 16.9. The maximum atomic E-state index is 13.4. The highest BCUT2D eigenvalue weighted by Crippen LogP contribution is 2.60. The average Bonchev–Trinajstić information content (AvgIpc) is 2.61. The van der Waals surface area contributed by atoms with E-state index in [2.05, 4.69) is 27.4 Å². The number of hydrogen-bond donors (Lipinski definition) is 1. The topological polar surface area (TPSA) is 40.5 Å². The van der Waals surface area contributed by atoms with Crippen LogP contribution in [0.15, 0.2) is 35.9 Å². The van der Waals surface area contributed by atoms with Crippen LogP contribution in [0.1, 0.15) is 47.1 Å². The molecule has 3 nitrogen and oxygen atoms in total. The zero-order valence-electron chi connectivity index (χ0n) is 14.2. The van der Waals surface area contributed by atoms with Crippen LogP contribution in [0.5, 0.6) is 5.75 Å². The fraction of sp³-hybridized carbons (Fsp3) is 0.500. The van der Waals surface area contributed by atoms with Gasteiger partial charge in [0.2, 0.25) is 5.91 Å². The molecular formula is C18H25NO2S. The first-order valence-electron chi connectivity index (χ1n) is 7.43. The van der Waals surface area contributed by atoms with Crippen LogP contribution < -0.4 is 0 Å². The van der Waals surface area contributed by atoms with Gasteiger partial charge >= 0.3 is 0 Å². The van der Waals surface area contributed by atoms with Crippen molar-refractivity contribution in [1.29, 1.82) is 0 Å². The van der Waals surface area contributed by atoms with Crippen LogP contribution in [0.4, 0.5) is 0 Å². The van der Waals surface area contributed by atoms with Gasteiger partial charge in [-0.1, -0.05) is 51.2 Å². The van der Waals surface area contributed by atoms with Gasteiger partial charge in [-0.3, -0.25) is 4.79 Å². The van der Waals surface area contributed by atoms with Crippen molar-refractivity contribution in [1.82, 2.24) is 4.90 Å². The predicted octanol–water partition coefficient (Wildman–Crippen LogP) is 4.48. The number of rotatable bonds is 1. The van der Waals surface area contributed by atoms with Gasteiger partial charge in [0, 0.05) is 5.54 Å². The van der Waals surface area contributed by atoms with Gasteiger partial charge < -0.3 is 10.0 Å². The fourth-order valence-corrected chi connectivity index (χ4v) is 4.54. The molecule has 1 aromatic carbocycles. The lowest BCUT2D eigenvalue weighted by molar-refractivity contribution is -0.137.